The summed E-state index contributed by atoms with van der Waals surface area (Å²) >= 11 is 0. The minimum Gasteiger partial charge on any atom is -0.481 e. The van der Waals surface area contributed by atoms with Gasteiger partial charge in [0.1, 0.15) is 5.76 Å². The molecule has 0 aliphatic heterocycles. The van der Waals surface area contributed by atoms with Crippen molar-refractivity contribution in [1.29, 1.82) is 0 Å². The summed E-state index contributed by atoms with van der Waals surface area (Å²) in [6, 6.07) is 25.0. The van der Waals surface area contributed by atoms with Gasteiger partial charge in [0, 0.05) is 61.6 Å². The highest BCUT2D eigenvalue weighted by atomic mass is 16.6. The number of nitrogens with zero attached hydrogens (tertiary/aromatic N) is 3. The molecule has 3 N–H and O–H groups in total. The standard InChI is InChI=1S/C37H34N4O9/c1-23(40(34(42)19-28(37(46)47)20-35(43)44)22-24-6-7-25-4-2-3-5-27(25)18-24)32(26-8-10-30(11-9-26)41(48)49)21-31-12-13-33(50-31)36(45)39-29-14-16-38-17-15-29/h2-18,23,28,32H,19-22H2,1H3,(H,43,44)(H,46,47)(H,38,39,45). The first-order chi connectivity index (χ1) is 24.0. The number of pyridine rings is 1. The maximum Gasteiger partial charge on any atom is 0.307 e. The molecule has 5 aromatic rings. The lowest BCUT2D eigenvalue weighted by Gasteiger charge is -2.36. The number of nitro groups is 1. The van der Waals surface area contributed by atoms with Crippen molar-refractivity contribution in [3.63, 3.8) is 0 Å². The molecule has 0 fully saturated rings. The van der Waals surface area contributed by atoms with E-state index in [0.29, 0.717) is 17.0 Å². The first kappa shape index (κ1) is 35.0. The summed E-state index contributed by atoms with van der Waals surface area (Å²) in [5, 5.41) is 35.2. The highest BCUT2D eigenvalue weighted by Crippen LogP contribution is 2.32. The summed E-state index contributed by atoms with van der Waals surface area (Å²) in [6.07, 6.45) is 1.92. The van der Waals surface area contributed by atoms with Gasteiger partial charge in [-0.1, -0.05) is 48.5 Å². The molecule has 0 aliphatic carbocycles. The minimum absolute atomic E-state index is 0.0361. The summed E-state index contributed by atoms with van der Waals surface area (Å²) in [5.41, 5.74) is 1.77. The topological polar surface area (TPSA) is 193 Å². The number of nitro benzene ring substituents is 1. The van der Waals surface area contributed by atoms with Gasteiger partial charge in [-0.15, -0.1) is 0 Å². The predicted molar refractivity (Wildman–Crippen MR) is 182 cm³/mol. The molecule has 0 radical (unpaired) electrons. The molecular weight excluding hydrogens is 644 g/mol. The summed E-state index contributed by atoms with van der Waals surface area (Å²) in [7, 11) is 0. The van der Waals surface area contributed by atoms with Crippen molar-refractivity contribution < 1.29 is 38.7 Å². The molecule has 0 saturated heterocycles. The van der Waals surface area contributed by atoms with Crippen molar-refractivity contribution in [1.82, 2.24) is 9.88 Å². The van der Waals surface area contributed by atoms with Gasteiger partial charge in [0.25, 0.3) is 11.6 Å². The van der Waals surface area contributed by atoms with Crippen LogP contribution in [0.5, 0.6) is 0 Å². The highest BCUT2D eigenvalue weighted by Gasteiger charge is 2.33. The normalized spacial score (nSPS) is 12.8. The Hall–Kier alpha value is -6.37. The molecule has 0 bridgehead atoms. The van der Waals surface area contributed by atoms with E-state index in [9.17, 15) is 39.5 Å². The minimum atomic E-state index is -1.46. The largest absolute Gasteiger partial charge is 0.481 e. The van der Waals surface area contributed by atoms with Crippen molar-refractivity contribution >= 4 is 45.9 Å². The maximum atomic E-state index is 14.0. The fourth-order valence-electron chi connectivity index (χ4n) is 5.86. The number of furan rings is 1. The SMILES string of the molecule is CC(C(Cc1ccc(C(=O)Nc2ccncc2)o1)c1ccc([N+](=O)[O-])cc1)N(Cc1ccc2ccccc2c1)C(=O)CC(CC(=O)O)C(=O)O. The number of fused-ring (bicyclic) bond motifs is 1. The number of carbonyl (C=O) groups is 4. The van der Waals surface area contributed by atoms with Crippen LogP contribution in [-0.4, -0.2) is 54.8 Å². The number of aromatic nitrogens is 1. The van der Waals surface area contributed by atoms with E-state index < -0.39 is 59.4 Å². The number of nitrogens with one attached hydrogen (secondary N) is 1. The number of hydrogen-bond acceptors (Lipinski definition) is 8. The summed E-state index contributed by atoms with van der Waals surface area (Å²) in [6.45, 7) is 1.84. The van der Waals surface area contributed by atoms with E-state index in [0.717, 1.165) is 16.3 Å². The lowest BCUT2D eigenvalue weighted by atomic mass is 9.86. The molecule has 13 heteroatoms. The first-order valence-electron chi connectivity index (χ1n) is 15.7. The van der Waals surface area contributed by atoms with Gasteiger partial charge in [0.2, 0.25) is 5.91 Å². The highest BCUT2D eigenvalue weighted by molar-refractivity contribution is 6.02. The Morgan fingerprint density at radius 2 is 1.60 bits per heavy atom. The summed E-state index contributed by atoms with van der Waals surface area (Å²) < 4.78 is 5.95. The average molecular weight is 679 g/mol. The molecular formula is C37H34N4O9. The molecule has 2 aromatic heterocycles. The van der Waals surface area contributed by atoms with Gasteiger partial charge >= 0.3 is 11.9 Å². The molecule has 13 nitrogen and oxygen atoms in total. The van der Waals surface area contributed by atoms with Crippen LogP contribution in [0.3, 0.4) is 0 Å². The number of carbonyl (C=O) groups excluding carboxylic acids is 2. The third-order valence-electron chi connectivity index (χ3n) is 8.53. The first-order valence-corrected chi connectivity index (χ1v) is 15.7. The number of anilines is 1. The zero-order valence-corrected chi connectivity index (χ0v) is 27.0. The van der Waals surface area contributed by atoms with Crippen molar-refractivity contribution in [3.05, 3.63) is 136 Å². The van der Waals surface area contributed by atoms with Crippen LogP contribution in [0, 0.1) is 16.0 Å². The number of benzene rings is 3. The molecule has 2 heterocycles. The predicted octanol–water partition coefficient (Wildman–Crippen LogP) is 6.30. The molecule has 256 valence electrons. The number of aliphatic carboxylic acids is 2. The zero-order chi connectivity index (χ0) is 35.8. The van der Waals surface area contributed by atoms with Crippen LogP contribution in [0.4, 0.5) is 11.4 Å². The molecule has 3 aromatic carbocycles. The lowest BCUT2D eigenvalue weighted by Crippen LogP contribution is -2.43. The molecule has 3 unspecified atom stereocenters. The van der Waals surface area contributed by atoms with Crippen LogP contribution in [-0.2, 0) is 27.3 Å². The lowest BCUT2D eigenvalue weighted by molar-refractivity contribution is -0.384. The Morgan fingerprint density at radius 1 is 0.900 bits per heavy atom. The third kappa shape index (κ3) is 8.75. The van der Waals surface area contributed by atoms with Gasteiger partial charge in [-0.05, 0) is 59.2 Å². The molecule has 50 heavy (non-hydrogen) atoms. The van der Waals surface area contributed by atoms with Crippen LogP contribution in [0.1, 0.15) is 53.1 Å². The van der Waals surface area contributed by atoms with Crippen molar-refractivity contribution in [2.45, 2.75) is 44.7 Å². The summed E-state index contributed by atoms with van der Waals surface area (Å²) in [5.74, 6) is -5.41. The van der Waals surface area contributed by atoms with Gasteiger partial charge in [0.15, 0.2) is 5.76 Å². The van der Waals surface area contributed by atoms with E-state index in [-0.39, 0.29) is 24.4 Å². The van der Waals surface area contributed by atoms with E-state index in [4.69, 9.17) is 4.42 Å². The maximum absolute atomic E-state index is 14.0. The second-order valence-corrected chi connectivity index (χ2v) is 11.9. The van der Waals surface area contributed by atoms with E-state index in [2.05, 4.69) is 10.3 Å². The zero-order valence-electron chi connectivity index (χ0n) is 27.0. The second kappa shape index (κ2) is 15.7. The molecule has 0 aliphatic rings. The Labute approximate surface area is 286 Å². The van der Waals surface area contributed by atoms with Crippen molar-refractivity contribution in [2.75, 3.05) is 5.32 Å². The number of carboxylic acids is 2. The van der Waals surface area contributed by atoms with Crippen LogP contribution in [0.15, 0.2) is 108 Å². The quantitative estimate of drug-likeness (QED) is 0.0836. The number of carboxylic acid groups (broad SMARTS) is 2. The van der Waals surface area contributed by atoms with Crippen molar-refractivity contribution in [2.24, 2.45) is 5.92 Å². The molecule has 0 saturated carbocycles. The van der Waals surface area contributed by atoms with Gasteiger partial charge < -0.3 is 24.8 Å². The van der Waals surface area contributed by atoms with Crippen LogP contribution < -0.4 is 5.32 Å². The third-order valence-corrected chi connectivity index (χ3v) is 8.53. The van der Waals surface area contributed by atoms with Crippen LogP contribution >= 0.6 is 0 Å². The molecule has 5 rings (SSSR count). The Bertz CT molecular complexity index is 2010. The fourth-order valence-corrected chi connectivity index (χ4v) is 5.86. The van der Waals surface area contributed by atoms with Gasteiger partial charge in [-0.3, -0.25) is 34.3 Å². The van der Waals surface area contributed by atoms with Crippen molar-refractivity contribution in [3.8, 4) is 0 Å². The van der Waals surface area contributed by atoms with E-state index in [1.165, 1.54) is 35.5 Å². The number of hydrogen-bond donors (Lipinski definition) is 3. The Balaban J connectivity index is 1.50. The number of rotatable bonds is 15. The second-order valence-electron chi connectivity index (χ2n) is 11.9. The molecule has 3 atom stereocenters. The van der Waals surface area contributed by atoms with Gasteiger partial charge in [-0.2, -0.15) is 0 Å². The van der Waals surface area contributed by atoms with E-state index in [1.54, 1.807) is 37.3 Å². The molecule has 2 amide bonds. The summed E-state index contributed by atoms with van der Waals surface area (Å²) in [4.78, 5) is 66.8. The van der Waals surface area contributed by atoms with Crippen LogP contribution in [0.25, 0.3) is 10.8 Å². The number of amides is 2. The van der Waals surface area contributed by atoms with E-state index >= 15 is 0 Å². The van der Waals surface area contributed by atoms with Gasteiger partial charge in [-0.25, -0.2) is 0 Å². The monoisotopic (exact) mass is 678 g/mol. The fraction of sp³-hybridized carbons (Fsp3) is 0.216. The van der Waals surface area contributed by atoms with E-state index in [1.807, 2.05) is 42.5 Å². The smallest absolute Gasteiger partial charge is 0.307 e. The van der Waals surface area contributed by atoms with Crippen LogP contribution in [0.2, 0.25) is 0 Å². The number of non-ortho nitro benzene ring substituents is 1. The Morgan fingerprint density at radius 3 is 2.26 bits per heavy atom. The van der Waals surface area contributed by atoms with Gasteiger partial charge in [0.05, 0.1) is 17.3 Å². The Kier molecular flexibility index (Phi) is 11.0. The average Bonchev–Trinajstić information content (AvgIpc) is 3.58. The molecule has 0 spiro atoms.